The summed E-state index contributed by atoms with van der Waals surface area (Å²) >= 11 is 0. The molecule has 1 saturated heterocycles. The fourth-order valence-corrected chi connectivity index (χ4v) is 2.92. The van der Waals surface area contributed by atoms with Crippen molar-refractivity contribution in [3.8, 4) is 0 Å². The second-order valence-corrected chi connectivity index (χ2v) is 5.82. The third kappa shape index (κ3) is 3.11. The van der Waals surface area contributed by atoms with Gasteiger partial charge in [-0.15, -0.1) is 0 Å². The van der Waals surface area contributed by atoms with Gasteiger partial charge in [0.15, 0.2) is 0 Å². The third-order valence-electron chi connectivity index (χ3n) is 4.42. The van der Waals surface area contributed by atoms with Gasteiger partial charge in [0.2, 0.25) is 5.91 Å². The number of nitro groups is 1. The molecule has 2 atom stereocenters. The fraction of sp³-hybridized carbons (Fsp3) is 0.714. The molecule has 1 aromatic rings. The van der Waals surface area contributed by atoms with E-state index in [2.05, 4.69) is 17.3 Å². The van der Waals surface area contributed by atoms with E-state index < -0.39 is 4.92 Å². The predicted molar refractivity (Wildman–Crippen MR) is 81.6 cm³/mol. The van der Waals surface area contributed by atoms with Crippen LogP contribution in [0.3, 0.4) is 0 Å². The molecular formula is C14H23N5O3. The van der Waals surface area contributed by atoms with Crippen LogP contribution in [0, 0.1) is 24.0 Å². The van der Waals surface area contributed by atoms with E-state index in [9.17, 15) is 14.9 Å². The molecule has 1 aliphatic rings. The lowest BCUT2D eigenvalue weighted by Gasteiger charge is -2.38. The highest BCUT2D eigenvalue weighted by atomic mass is 16.6. The standard InChI is InChI=1S/C14H23N5O3/c1-9-11(3)17(8-6-15-9)13(20)5-7-18-12(4)14(19(21)22)10(2)16-18/h9,11,15H,5-8H2,1-4H3. The molecule has 22 heavy (non-hydrogen) atoms. The summed E-state index contributed by atoms with van der Waals surface area (Å²) in [4.78, 5) is 24.8. The summed E-state index contributed by atoms with van der Waals surface area (Å²) in [6, 6.07) is 0.420. The van der Waals surface area contributed by atoms with Gasteiger partial charge in [-0.05, 0) is 27.7 Å². The molecule has 2 unspecified atom stereocenters. The average molecular weight is 309 g/mol. The summed E-state index contributed by atoms with van der Waals surface area (Å²) in [6.45, 7) is 9.23. The highest BCUT2D eigenvalue weighted by Gasteiger charge is 2.28. The Bertz CT molecular complexity index is 583. The van der Waals surface area contributed by atoms with Crippen molar-refractivity contribution in [1.82, 2.24) is 20.0 Å². The summed E-state index contributed by atoms with van der Waals surface area (Å²) in [5.74, 6) is 0.0658. The summed E-state index contributed by atoms with van der Waals surface area (Å²) in [5.41, 5.74) is 0.924. The number of piperazine rings is 1. The van der Waals surface area contributed by atoms with Gasteiger partial charge in [-0.2, -0.15) is 5.10 Å². The van der Waals surface area contributed by atoms with Crippen molar-refractivity contribution in [3.05, 3.63) is 21.5 Å². The Balaban J connectivity index is 2.02. The van der Waals surface area contributed by atoms with Crippen molar-refractivity contribution in [2.75, 3.05) is 13.1 Å². The molecule has 1 N–H and O–H groups in total. The van der Waals surface area contributed by atoms with Gasteiger partial charge in [-0.25, -0.2) is 0 Å². The number of hydrogen-bond acceptors (Lipinski definition) is 5. The minimum atomic E-state index is -0.421. The van der Waals surface area contributed by atoms with Crippen LogP contribution in [0.1, 0.15) is 31.7 Å². The van der Waals surface area contributed by atoms with E-state index in [-0.39, 0.29) is 23.7 Å². The molecule has 2 heterocycles. The quantitative estimate of drug-likeness (QED) is 0.661. The molecule has 0 spiro atoms. The number of nitrogens with one attached hydrogen (secondary N) is 1. The molecule has 0 radical (unpaired) electrons. The van der Waals surface area contributed by atoms with Gasteiger partial charge in [0.05, 0.1) is 11.5 Å². The molecule has 8 nitrogen and oxygen atoms in total. The summed E-state index contributed by atoms with van der Waals surface area (Å²) in [7, 11) is 0. The minimum absolute atomic E-state index is 0.0385. The molecule has 0 aromatic carbocycles. The Kier molecular flexibility index (Phi) is 4.80. The first-order valence-electron chi connectivity index (χ1n) is 7.54. The summed E-state index contributed by atoms with van der Waals surface area (Å²) in [5, 5.41) is 18.5. The van der Waals surface area contributed by atoms with E-state index in [1.807, 2.05) is 11.8 Å². The molecule has 0 saturated carbocycles. The molecule has 8 heteroatoms. The molecule has 1 aliphatic heterocycles. The van der Waals surface area contributed by atoms with Crippen molar-refractivity contribution in [2.45, 2.75) is 52.7 Å². The first-order chi connectivity index (χ1) is 10.3. The van der Waals surface area contributed by atoms with Crippen LogP contribution in [0.5, 0.6) is 0 Å². The van der Waals surface area contributed by atoms with Gasteiger partial charge in [-0.1, -0.05) is 0 Å². The van der Waals surface area contributed by atoms with Crippen molar-refractivity contribution in [1.29, 1.82) is 0 Å². The van der Waals surface area contributed by atoms with Gasteiger partial charge in [0, 0.05) is 31.6 Å². The molecule has 0 bridgehead atoms. The Hall–Kier alpha value is -1.96. The number of carbonyl (C=O) groups excluding carboxylic acids is 1. The zero-order valence-electron chi connectivity index (χ0n) is 13.5. The fourth-order valence-electron chi connectivity index (χ4n) is 2.92. The zero-order chi connectivity index (χ0) is 16.4. The number of aromatic nitrogens is 2. The van der Waals surface area contributed by atoms with Gasteiger partial charge in [0.25, 0.3) is 0 Å². The van der Waals surface area contributed by atoms with Crippen molar-refractivity contribution >= 4 is 11.6 Å². The van der Waals surface area contributed by atoms with E-state index in [0.29, 0.717) is 30.9 Å². The zero-order valence-corrected chi connectivity index (χ0v) is 13.5. The van der Waals surface area contributed by atoms with Crippen molar-refractivity contribution in [2.24, 2.45) is 0 Å². The Morgan fingerprint density at radius 1 is 1.45 bits per heavy atom. The number of rotatable bonds is 4. The topological polar surface area (TPSA) is 93.3 Å². The number of amides is 1. The van der Waals surface area contributed by atoms with Crippen molar-refractivity contribution < 1.29 is 9.72 Å². The normalized spacial score (nSPS) is 21.9. The number of aryl methyl sites for hydroxylation is 2. The third-order valence-corrected chi connectivity index (χ3v) is 4.42. The number of hydrogen-bond donors (Lipinski definition) is 1. The largest absolute Gasteiger partial charge is 0.337 e. The Morgan fingerprint density at radius 3 is 2.73 bits per heavy atom. The van der Waals surface area contributed by atoms with Crippen LogP contribution in [-0.2, 0) is 11.3 Å². The van der Waals surface area contributed by atoms with Gasteiger partial charge in [0.1, 0.15) is 11.4 Å². The van der Waals surface area contributed by atoms with Gasteiger partial charge < -0.3 is 10.2 Å². The second kappa shape index (κ2) is 6.43. The molecule has 2 rings (SSSR count). The first kappa shape index (κ1) is 16.4. The van der Waals surface area contributed by atoms with Crippen molar-refractivity contribution in [3.63, 3.8) is 0 Å². The highest BCUT2D eigenvalue weighted by Crippen LogP contribution is 2.22. The first-order valence-corrected chi connectivity index (χ1v) is 7.54. The van der Waals surface area contributed by atoms with Crippen LogP contribution in [-0.4, -0.2) is 50.7 Å². The minimum Gasteiger partial charge on any atom is -0.337 e. The summed E-state index contributed by atoms with van der Waals surface area (Å²) in [6.07, 6.45) is 0.302. The Labute approximate surface area is 129 Å². The number of nitrogens with zero attached hydrogens (tertiary/aromatic N) is 4. The average Bonchev–Trinajstić information content (AvgIpc) is 2.73. The lowest BCUT2D eigenvalue weighted by Crippen LogP contribution is -2.57. The second-order valence-electron chi connectivity index (χ2n) is 5.82. The molecular weight excluding hydrogens is 286 g/mol. The van der Waals surface area contributed by atoms with Gasteiger partial charge in [-0.3, -0.25) is 19.6 Å². The lowest BCUT2D eigenvalue weighted by atomic mass is 10.1. The van der Waals surface area contributed by atoms with Crippen LogP contribution in [0.15, 0.2) is 0 Å². The van der Waals surface area contributed by atoms with E-state index in [0.717, 1.165) is 6.54 Å². The van der Waals surface area contributed by atoms with Gasteiger partial charge >= 0.3 is 5.69 Å². The smallest absolute Gasteiger partial charge is 0.312 e. The maximum Gasteiger partial charge on any atom is 0.312 e. The Morgan fingerprint density at radius 2 is 2.14 bits per heavy atom. The lowest BCUT2D eigenvalue weighted by molar-refractivity contribution is -0.386. The maximum absolute atomic E-state index is 12.4. The predicted octanol–water partition coefficient (Wildman–Crippen LogP) is 1.01. The highest BCUT2D eigenvalue weighted by molar-refractivity contribution is 5.76. The van der Waals surface area contributed by atoms with Crippen LogP contribution in [0.2, 0.25) is 0 Å². The molecule has 1 aromatic heterocycles. The number of carbonyl (C=O) groups is 1. The van der Waals surface area contributed by atoms with Crippen LogP contribution in [0.4, 0.5) is 5.69 Å². The van der Waals surface area contributed by atoms with E-state index >= 15 is 0 Å². The van der Waals surface area contributed by atoms with Crippen LogP contribution in [0.25, 0.3) is 0 Å². The summed E-state index contributed by atoms with van der Waals surface area (Å²) < 4.78 is 1.56. The van der Waals surface area contributed by atoms with E-state index in [1.54, 1.807) is 18.5 Å². The van der Waals surface area contributed by atoms with Crippen LogP contribution < -0.4 is 5.32 Å². The maximum atomic E-state index is 12.4. The monoisotopic (exact) mass is 309 g/mol. The SMILES string of the molecule is Cc1nn(CCC(=O)N2CCNC(C)C2C)c(C)c1[N+](=O)[O-]. The molecule has 0 aliphatic carbocycles. The molecule has 122 valence electrons. The molecule has 1 fully saturated rings. The van der Waals surface area contributed by atoms with E-state index in [1.165, 1.54) is 0 Å². The molecule has 1 amide bonds. The van der Waals surface area contributed by atoms with Crippen LogP contribution >= 0.6 is 0 Å². The van der Waals surface area contributed by atoms with E-state index in [4.69, 9.17) is 0 Å².